The van der Waals surface area contributed by atoms with Crippen molar-refractivity contribution >= 4 is 23.5 Å². The van der Waals surface area contributed by atoms with Crippen LogP contribution < -0.4 is 21.7 Å². The minimum atomic E-state index is -0.392. The molecule has 1 aromatic heterocycles. The minimum absolute atomic E-state index is 0.392. The van der Waals surface area contributed by atoms with Crippen molar-refractivity contribution < 1.29 is 9.53 Å². The molecule has 1 amide bonds. The molecular formula is C13H15N5O2S. The molecule has 1 heterocycles. The SMILES string of the molecule is NNC(=O)c1ccccc1OCCSc1nccnc1N. The number of para-hydroxylation sites is 1. The van der Waals surface area contributed by atoms with Gasteiger partial charge in [-0.1, -0.05) is 23.9 Å². The second-order valence-electron chi connectivity index (χ2n) is 3.91. The van der Waals surface area contributed by atoms with Crippen LogP contribution in [0.25, 0.3) is 0 Å². The van der Waals surface area contributed by atoms with Gasteiger partial charge in [0.1, 0.15) is 10.8 Å². The molecule has 21 heavy (non-hydrogen) atoms. The van der Waals surface area contributed by atoms with E-state index in [1.54, 1.807) is 30.5 Å². The van der Waals surface area contributed by atoms with Gasteiger partial charge in [0.2, 0.25) is 0 Å². The standard InChI is InChI=1S/C13H15N5O2S/c14-11-13(17-6-5-16-11)21-8-7-20-10-4-2-1-3-9(10)12(19)18-15/h1-6H,7-8,15H2,(H2,14,16)(H,18,19). The second kappa shape index (κ2) is 7.46. The Morgan fingerprint density at radius 1 is 1.29 bits per heavy atom. The highest BCUT2D eigenvalue weighted by Gasteiger charge is 2.10. The molecule has 0 fully saturated rings. The quantitative estimate of drug-likeness (QED) is 0.238. The maximum absolute atomic E-state index is 11.6. The monoisotopic (exact) mass is 305 g/mol. The molecule has 0 unspecified atom stereocenters. The molecular weight excluding hydrogens is 290 g/mol. The fourth-order valence-corrected chi connectivity index (χ4v) is 2.29. The summed E-state index contributed by atoms with van der Waals surface area (Å²) in [6, 6.07) is 6.89. The predicted molar refractivity (Wildman–Crippen MR) is 80.8 cm³/mol. The summed E-state index contributed by atoms with van der Waals surface area (Å²) in [5.41, 5.74) is 8.17. The second-order valence-corrected chi connectivity index (χ2v) is 5.00. The zero-order valence-corrected chi connectivity index (χ0v) is 12.0. The summed E-state index contributed by atoms with van der Waals surface area (Å²) >= 11 is 1.44. The first kappa shape index (κ1) is 15.1. The normalized spacial score (nSPS) is 10.1. The van der Waals surface area contributed by atoms with Crippen LogP contribution in [0.2, 0.25) is 0 Å². The van der Waals surface area contributed by atoms with E-state index >= 15 is 0 Å². The van der Waals surface area contributed by atoms with Crippen molar-refractivity contribution in [2.45, 2.75) is 5.03 Å². The van der Waals surface area contributed by atoms with Crippen LogP contribution in [0.15, 0.2) is 41.7 Å². The van der Waals surface area contributed by atoms with Gasteiger partial charge in [0, 0.05) is 18.1 Å². The topological polar surface area (TPSA) is 116 Å². The zero-order valence-electron chi connectivity index (χ0n) is 11.2. The van der Waals surface area contributed by atoms with E-state index in [0.717, 1.165) is 0 Å². The fourth-order valence-electron chi connectivity index (χ4n) is 1.60. The number of hydrogen-bond acceptors (Lipinski definition) is 7. The van der Waals surface area contributed by atoms with Crippen molar-refractivity contribution in [3.63, 3.8) is 0 Å². The summed E-state index contributed by atoms with van der Waals surface area (Å²) in [5.74, 6) is 6.24. The lowest BCUT2D eigenvalue weighted by atomic mass is 10.2. The van der Waals surface area contributed by atoms with Crippen LogP contribution in [0, 0.1) is 0 Å². The molecule has 0 spiro atoms. The number of nitrogens with one attached hydrogen (secondary N) is 1. The van der Waals surface area contributed by atoms with Crippen molar-refractivity contribution in [3.8, 4) is 5.75 Å². The lowest BCUT2D eigenvalue weighted by Crippen LogP contribution is -2.30. The molecule has 5 N–H and O–H groups in total. The average molecular weight is 305 g/mol. The van der Waals surface area contributed by atoms with E-state index in [2.05, 4.69) is 15.4 Å². The first-order valence-electron chi connectivity index (χ1n) is 6.14. The van der Waals surface area contributed by atoms with Crippen LogP contribution in [0.4, 0.5) is 5.82 Å². The molecule has 2 aromatic rings. The highest BCUT2D eigenvalue weighted by molar-refractivity contribution is 7.99. The molecule has 0 aliphatic rings. The molecule has 0 aliphatic carbocycles. The number of nitrogens with zero attached hydrogens (tertiary/aromatic N) is 2. The van der Waals surface area contributed by atoms with E-state index in [4.69, 9.17) is 16.3 Å². The Balaban J connectivity index is 1.90. The van der Waals surface area contributed by atoms with Gasteiger partial charge in [0.05, 0.1) is 12.2 Å². The van der Waals surface area contributed by atoms with E-state index in [0.29, 0.717) is 34.5 Å². The van der Waals surface area contributed by atoms with Gasteiger partial charge in [0.25, 0.3) is 5.91 Å². The molecule has 0 bridgehead atoms. The van der Waals surface area contributed by atoms with Crippen LogP contribution in [0.3, 0.4) is 0 Å². The summed E-state index contributed by atoms with van der Waals surface area (Å²) in [6.45, 7) is 0.398. The maximum Gasteiger partial charge on any atom is 0.268 e. The van der Waals surface area contributed by atoms with Crippen LogP contribution in [-0.2, 0) is 0 Å². The van der Waals surface area contributed by atoms with E-state index in [1.165, 1.54) is 18.0 Å². The number of ether oxygens (including phenoxy) is 1. The molecule has 0 saturated heterocycles. The number of thioether (sulfide) groups is 1. The van der Waals surface area contributed by atoms with Crippen molar-refractivity contribution in [3.05, 3.63) is 42.2 Å². The smallest absolute Gasteiger partial charge is 0.268 e. The summed E-state index contributed by atoms with van der Waals surface area (Å²) in [4.78, 5) is 19.6. The summed E-state index contributed by atoms with van der Waals surface area (Å²) in [6.07, 6.45) is 3.12. The number of anilines is 1. The van der Waals surface area contributed by atoms with Crippen molar-refractivity contribution in [2.75, 3.05) is 18.1 Å². The molecule has 0 aliphatic heterocycles. The molecule has 7 nitrogen and oxygen atoms in total. The van der Waals surface area contributed by atoms with Gasteiger partial charge in [-0.25, -0.2) is 15.8 Å². The predicted octanol–water partition coefficient (Wildman–Crippen LogP) is 0.833. The van der Waals surface area contributed by atoms with Gasteiger partial charge < -0.3 is 10.5 Å². The molecule has 8 heteroatoms. The molecule has 2 rings (SSSR count). The minimum Gasteiger partial charge on any atom is -0.492 e. The molecule has 0 radical (unpaired) electrons. The van der Waals surface area contributed by atoms with E-state index in [-0.39, 0.29) is 0 Å². The number of carbonyl (C=O) groups is 1. The van der Waals surface area contributed by atoms with Crippen LogP contribution in [0.5, 0.6) is 5.75 Å². The maximum atomic E-state index is 11.6. The van der Waals surface area contributed by atoms with Gasteiger partial charge in [-0.05, 0) is 12.1 Å². The third-order valence-electron chi connectivity index (χ3n) is 2.53. The number of carbonyl (C=O) groups excluding carboxylic acids is 1. The molecule has 110 valence electrons. The van der Waals surface area contributed by atoms with E-state index < -0.39 is 5.91 Å². The first-order valence-corrected chi connectivity index (χ1v) is 7.13. The highest BCUT2D eigenvalue weighted by Crippen LogP contribution is 2.21. The Kier molecular flexibility index (Phi) is 5.35. The number of rotatable bonds is 6. The molecule has 0 atom stereocenters. The lowest BCUT2D eigenvalue weighted by Gasteiger charge is -2.10. The van der Waals surface area contributed by atoms with E-state index in [1.807, 2.05) is 0 Å². The Bertz CT molecular complexity index is 623. The van der Waals surface area contributed by atoms with Gasteiger partial charge >= 0.3 is 0 Å². The van der Waals surface area contributed by atoms with Crippen molar-refractivity contribution in [1.82, 2.24) is 15.4 Å². The number of aromatic nitrogens is 2. The number of nitrogen functional groups attached to an aromatic ring is 2. The Morgan fingerprint density at radius 2 is 2.05 bits per heavy atom. The molecule has 1 aromatic carbocycles. The average Bonchev–Trinajstić information content (AvgIpc) is 2.52. The Morgan fingerprint density at radius 3 is 2.81 bits per heavy atom. The number of amides is 1. The number of benzene rings is 1. The number of nitrogens with two attached hydrogens (primary N) is 2. The number of hydrazine groups is 1. The largest absolute Gasteiger partial charge is 0.492 e. The lowest BCUT2D eigenvalue weighted by molar-refractivity contribution is 0.0950. The highest BCUT2D eigenvalue weighted by atomic mass is 32.2. The number of hydrogen-bond donors (Lipinski definition) is 3. The van der Waals surface area contributed by atoms with Gasteiger partial charge in [-0.2, -0.15) is 0 Å². The van der Waals surface area contributed by atoms with Crippen molar-refractivity contribution in [1.29, 1.82) is 0 Å². The zero-order chi connectivity index (χ0) is 15.1. The van der Waals surface area contributed by atoms with E-state index in [9.17, 15) is 4.79 Å². The Labute approximate surface area is 126 Å². The molecule has 0 saturated carbocycles. The third kappa shape index (κ3) is 4.07. The first-order chi connectivity index (χ1) is 10.2. The summed E-state index contributed by atoms with van der Waals surface area (Å²) in [7, 11) is 0. The van der Waals surface area contributed by atoms with Gasteiger partial charge in [-0.3, -0.25) is 10.2 Å². The summed E-state index contributed by atoms with van der Waals surface area (Å²) < 4.78 is 5.60. The van der Waals surface area contributed by atoms with Crippen LogP contribution in [-0.4, -0.2) is 28.2 Å². The third-order valence-corrected chi connectivity index (χ3v) is 3.49. The Hall–Kier alpha value is -2.32. The fraction of sp³-hybridized carbons (Fsp3) is 0.154. The van der Waals surface area contributed by atoms with Gasteiger partial charge in [0.15, 0.2) is 5.82 Å². The van der Waals surface area contributed by atoms with Crippen LogP contribution in [0.1, 0.15) is 10.4 Å². The van der Waals surface area contributed by atoms with Gasteiger partial charge in [-0.15, -0.1) is 0 Å². The summed E-state index contributed by atoms with van der Waals surface area (Å²) in [5, 5.41) is 0.661. The van der Waals surface area contributed by atoms with Crippen molar-refractivity contribution in [2.24, 2.45) is 5.84 Å². The van der Waals surface area contributed by atoms with Crippen LogP contribution >= 0.6 is 11.8 Å².